The van der Waals surface area contributed by atoms with Crippen molar-refractivity contribution < 1.29 is 17.9 Å². The predicted molar refractivity (Wildman–Crippen MR) is 79.8 cm³/mol. The number of rotatable bonds is 4. The van der Waals surface area contributed by atoms with Gasteiger partial charge < -0.3 is 4.74 Å². The van der Waals surface area contributed by atoms with Crippen LogP contribution in [0.25, 0.3) is 0 Å². The number of carbonyl (C=O) groups is 1. The Kier molecular flexibility index (Phi) is 4.28. The molecule has 2 aromatic carbocycles. The summed E-state index contributed by atoms with van der Waals surface area (Å²) in [7, 11) is -0.940. The molecule has 0 N–H and O–H groups in total. The van der Waals surface area contributed by atoms with Crippen LogP contribution in [-0.2, 0) is 14.8 Å². The van der Waals surface area contributed by atoms with Crippen LogP contribution in [0.5, 0.6) is 0 Å². The van der Waals surface area contributed by atoms with E-state index in [1.165, 1.54) is 32.4 Å². The van der Waals surface area contributed by atoms with Gasteiger partial charge in [-0.25, -0.2) is 13.2 Å². The fourth-order valence-corrected chi connectivity index (χ4v) is 3.04. The van der Waals surface area contributed by atoms with Gasteiger partial charge in [-0.1, -0.05) is 24.3 Å². The van der Waals surface area contributed by atoms with Gasteiger partial charge in [0.1, 0.15) is 0 Å². The van der Waals surface area contributed by atoms with Gasteiger partial charge in [0, 0.05) is 7.05 Å². The number of hydrogen-bond donors (Lipinski definition) is 0. The van der Waals surface area contributed by atoms with Crippen molar-refractivity contribution in [2.75, 3.05) is 18.5 Å². The highest BCUT2D eigenvalue weighted by Crippen LogP contribution is 2.22. The zero-order chi connectivity index (χ0) is 15.5. The van der Waals surface area contributed by atoms with Crippen molar-refractivity contribution in [3.8, 4) is 0 Å². The lowest BCUT2D eigenvalue weighted by Gasteiger charge is -2.19. The number of nitrogens with zero attached hydrogens (tertiary/aromatic N) is 1. The van der Waals surface area contributed by atoms with Gasteiger partial charge in [-0.15, -0.1) is 0 Å². The summed E-state index contributed by atoms with van der Waals surface area (Å²) in [6.45, 7) is 0. The van der Waals surface area contributed by atoms with Crippen molar-refractivity contribution >= 4 is 21.7 Å². The molecule has 2 rings (SSSR count). The fourth-order valence-electron chi connectivity index (χ4n) is 1.84. The van der Waals surface area contributed by atoms with Crippen molar-refractivity contribution in [3.05, 3.63) is 60.2 Å². The van der Waals surface area contributed by atoms with E-state index in [0.29, 0.717) is 11.3 Å². The third-order valence-corrected chi connectivity index (χ3v) is 4.83. The minimum Gasteiger partial charge on any atom is -0.465 e. The van der Waals surface area contributed by atoms with Crippen LogP contribution in [0, 0.1) is 0 Å². The van der Waals surface area contributed by atoms with Crippen molar-refractivity contribution in [3.63, 3.8) is 0 Å². The van der Waals surface area contributed by atoms with Gasteiger partial charge in [0.2, 0.25) is 0 Å². The largest absolute Gasteiger partial charge is 0.465 e. The summed E-state index contributed by atoms with van der Waals surface area (Å²) in [5.74, 6) is -0.512. The SMILES string of the molecule is COC(=O)c1cccc(N(C)S(=O)(=O)c2ccccc2)c1. The van der Waals surface area contributed by atoms with E-state index in [1.54, 1.807) is 36.4 Å². The van der Waals surface area contributed by atoms with E-state index < -0.39 is 16.0 Å². The lowest BCUT2D eigenvalue weighted by Crippen LogP contribution is -2.26. The topological polar surface area (TPSA) is 63.7 Å². The Morgan fingerprint density at radius 1 is 1.05 bits per heavy atom. The third kappa shape index (κ3) is 3.05. The average molecular weight is 305 g/mol. The van der Waals surface area contributed by atoms with E-state index in [-0.39, 0.29) is 4.90 Å². The number of carbonyl (C=O) groups excluding carboxylic acids is 1. The van der Waals surface area contributed by atoms with E-state index in [4.69, 9.17) is 0 Å². The molecule has 0 amide bonds. The molecule has 0 spiro atoms. The van der Waals surface area contributed by atoms with E-state index >= 15 is 0 Å². The molecule has 0 aliphatic carbocycles. The first-order chi connectivity index (χ1) is 9.96. The van der Waals surface area contributed by atoms with Crippen LogP contribution in [0.15, 0.2) is 59.5 Å². The minimum atomic E-state index is -3.66. The molecule has 0 heterocycles. The molecule has 5 nitrogen and oxygen atoms in total. The number of hydrogen-bond acceptors (Lipinski definition) is 4. The first kappa shape index (κ1) is 15.1. The fraction of sp³-hybridized carbons (Fsp3) is 0.133. The summed E-state index contributed by atoms with van der Waals surface area (Å²) in [4.78, 5) is 11.7. The first-order valence-corrected chi connectivity index (χ1v) is 7.63. The Hall–Kier alpha value is -2.34. The molecule has 6 heteroatoms. The Morgan fingerprint density at radius 3 is 2.33 bits per heavy atom. The van der Waals surface area contributed by atoms with Gasteiger partial charge in [0.05, 0.1) is 23.3 Å². The summed E-state index contributed by atoms with van der Waals surface area (Å²) in [6.07, 6.45) is 0. The molecule has 0 fully saturated rings. The third-order valence-electron chi connectivity index (χ3n) is 3.03. The van der Waals surface area contributed by atoms with E-state index in [2.05, 4.69) is 4.74 Å². The number of anilines is 1. The zero-order valence-electron chi connectivity index (χ0n) is 11.7. The van der Waals surface area contributed by atoms with Crippen LogP contribution in [0.3, 0.4) is 0 Å². The molecule has 2 aromatic rings. The molecule has 21 heavy (non-hydrogen) atoms. The van der Waals surface area contributed by atoms with Crippen molar-refractivity contribution in [2.45, 2.75) is 4.90 Å². The minimum absolute atomic E-state index is 0.191. The summed E-state index contributed by atoms with van der Waals surface area (Å²) in [5, 5.41) is 0. The molecule has 0 aliphatic heterocycles. The highest BCUT2D eigenvalue weighted by molar-refractivity contribution is 7.92. The lowest BCUT2D eigenvalue weighted by molar-refractivity contribution is 0.0601. The van der Waals surface area contributed by atoms with Crippen LogP contribution < -0.4 is 4.31 Å². The smallest absolute Gasteiger partial charge is 0.337 e. The van der Waals surface area contributed by atoms with Crippen molar-refractivity contribution in [1.29, 1.82) is 0 Å². The average Bonchev–Trinajstić information content (AvgIpc) is 2.54. The monoisotopic (exact) mass is 305 g/mol. The summed E-state index contributed by atoms with van der Waals surface area (Å²) in [6, 6.07) is 14.4. The Morgan fingerprint density at radius 2 is 1.71 bits per heavy atom. The molecular weight excluding hydrogens is 290 g/mol. The standard InChI is InChI=1S/C15H15NO4S/c1-16(21(18,19)14-9-4-3-5-10-14)13-8-6-7-12(11-13)15(17)20-2/h3-11H,1-2H3. The molecule has 0 radical (unpaired) electrons. The summed E-state index contributed by atoms with van der Waals surface area (Å²) >= 11 is 0. The van der Waals surface area contributed by atoms with Crippen LogP contribution >= 0.6 is 0 Å². The van der Waals surface area contributed by atoms with Gasteiger partial charge >= 0.3 is 5.97 Å². The van der Waals surface area contributed by atoms with Gasteiger partial charge in [-0.2, -0.15) is 0 Å². The van der Waals surface area contributed by atoms with Crippen LogP contribution in [0.4, 0.5) is 5.69 Å². The molecule has 0 aromatic heterocycles. The second-order valence-corrected chi connectivity index (χ2v) is 6.30. The molecule has 0 saturated carbocycles. The van der Waals surface area contributed by atoms with Gasteiger partial charge in [-0.05, 0) is 30.3 Å². The molecule has 0 bridgehead atoms. The maximum absolute atomic E-state index is 12.5. The molecule has 0 saturated heterocycles. The van der Waals surface area contributed by atoms with Gasteiger partial charge in [0.15, 0.2) is 0 Å². The molecule has 0 unspecified atom stereocenters. The van der Waals surface area contributed by atoms with E-state index in [0.717, 1.165) is 4.31 Å². The highest BCUT2D eigenvalue weighted by Gasteiger charge is 2.21. The van der Waals surface area contributed by atoms with Gasteiger partial charge in [-0.3, -0.25) is 4.31 Å². The van der Waals surface area contributed by atoms with Gasteiger partial charge in [0.25, 0.3) is 10.0 Å². The van der Waals surface area contributed by atoms with Crippen molar-refractivity contribution in [1.82, 2.24) is 0 Å². The van der Waals surface area contributed by atoms with Crippen molar-refractivity contribution in [2.24, 2.45) is 0 Å². The second-order valence-electron chi connectivity index (χ2n) is 4.33. The number of methoxy groups -OCH3 is 1. The maximum Gasteiger partial charge on any atom is 0.337 e. The molecule has 110 valence electrons. The molecule has 0 aliphatic rings. The summed E-state index contributed by atoms with van der Waals surface area (Å²) in [5.41, 5.74) is 0.687. The number of sulfonamides is 1. The van der Waals surface area contributed by atoms with E-state index in [1.807, 2.05) is 0 Å². The molecule has 0 atom stereocenters. The lowest BCUT2D eigenvalue weighted by atomic mass is 10.2. The Balaban J connectivity index is 2.40. The summed E-state index contributed by atoms with van der Waals surface area (Å²) < 4.78 is 30.8. The maximum atomic E-state index is 12.5. The number of ether oxygens (including phenoxy) is 1. The Bertz CT molecular complexity index is 741. The first-order valence-electron chi connectivity index (χ1n) is 6.19. The van der Waals surface area contributed by atoms with Crippen LogP contribution in [0.2, 0.25) is 0 Å². The number of benzene rings is 2. The second kappa shape index (κ2) is 5.97. The normalized spacial score (nSPS) is 11.0. The quantitative estimate of drug-likeness (QED) is 0.813. The number of esters is 1. The zero-order valence-corrected chi connectivity index (χ0v) is 12.5. The molecular formula is C15H15NO4S. The van der Waals surface area contributed by atoms with Crippen LogP contribution in [0.1, 0.15) is 10.4 Å². The Labute approximate surface area is 123 Å². The highest BCUT2D eigenvalue weighted by atomic mass is 32.2. The predicted octanol–water partition coefficient (Wildman–Crippen LogP) is 2.30. The van der Waals surface area contributed by atoms with Crippen LogP contribution in [-0.4, -0.2) is 28.5 Å². The van der Waals surface area contributed by atoms with E-state index in [9.17, 15) is 13.2 Å².